The van der Waals surface area contributed by atoms with Crippen molar-refractivity contribution in [3.8, 4) is 0 Å². The van der Waals surface area contributed by atoms with Crippen LogP contribution in [0, 0.1) is 0 Å². The summed E-state index contributed by atoms with van der Waals surface area (Å²) >= 11 is 5.51. The van der Waals surface area contributed by atoms with Crippen LogP contribution in [0.4, 0.5) is 0 Å². The number of rotatable bonds is 3. The van der Waals surface area contributed by atoms with Crippen molar-refractivity contribution in [3.05, 3.63) is 11.2 Å². The Kier molecular flexibility index (Phi) is 2.91. The van der Waals surface area contributed by atoms with Crippen molar-refractivity contribution >= 4 is 17.6 Å². The van der Waals surface area contributed by atoms with E-state index in [9.17, 15) is 4.79 Å². The van der Waals surface area contributed by atoms with Crippen molar-refractivity contribution in [3.63, 3.8) is 0 Å². The molecule has 1 heterocycles. The van der Waals surface area contributed by atoms with Gasteiger partial charge in [0.1, 0.15) is 17.3 Å². The SMILES string of the molecule is NC(CC1C=C(Cl)NO1)C(=O)O. The maximum atomic E-state index is 10.3. The number of carboxylic acid groups (broad SMARTS) is 1. The molecule has 0 aromatic heterocycles. The quantitative estimate of drug-likeness (QED) is 0.538. The van der Waals surface area contributed by atoms with E-state index in [-0.39, 0.29) is 12.5 Å². The van der Waals surface area contributed by atoms with E-state index in [2.05, 4.69) is 5.48 Å². The van der Waals surface area contributed by atoms with Gasteiger partial charge in [-0.05, 0) is 6.08 Å². The fourth-order valence-electron chi connectivity index (χ4n) is 0.830. The van der Waals surface area contributed by atoms with Gasteiger partial charge in [-0.1, -0.05) is 11.6 Å². The van der Waals surface area contributed by atoms with Gasteiger partial charge in [-0.15, -0.1) is 0 Å². The van der Waals surface area contributed by atoms with Crippen LogP contribution in [0.3, 0.4) is 0 Å². The second-order valence-electron chi connectivity index (χ2n) is 2.45. The van der Waals surface area contributed by atoms with Crippen LogP contribution in [0.2, 0.25) is 0 Å². The molecule has 1 rings (SSSR count). The second-order valence-corrected chi connectivity index (χ2v) is 2.86. The Balaban J connectivity index is 2.37. The molecular formula is C6H9ClN2O3. The molecule has 0 saturated heterocycles. The highest BCUT2D eigenvalue weighted by molar-refractivity contribution is 6.29. The van der Waals surface area contributed by atoms with E-state index < -0.39 is 12.0 Å². The first kappa shape index (κ1) is 9.31. The summed E-state index contributed by atoms with van der Waals surface area (Å²) in [6.07, 6.45) is 1.42. The van der Waals surface area contributed by atoms with Crippen molar-refractivity contribution in [2.45, 2.75) is 18.6 Å². The summed E-state index contributed by atoms with van der Waals surface area (Å²) in [5.41, 5.74) is 7.65. The average Bonchev–Trinajstić information content (AvgIpc) is 2.35. The molecule has 0 fully saturated rings. The Hall–Kier alpha value is -0.780. The molecule has 6 heteroatoms. The van der Waals surface area contributed by atoms with Gasteiger partial charge in [-0.25, -0.2) is 0 Å². The summed E-state index contributed by atoms with van der Waals surface area (Å²) in [5, 5.41) is 8.81. The normalized spacial score (nSPS) is 24.5. The smallest absolute Gasteiger partial charge is 0.320 e. The number of nitrogens with one attached hydrogen (secondary N) is 1. The third-order valence-corrected chi connectivity index (χ3v) is 1.65. The molecule has 0 aliphatic carbocycles. The van der Waals surface area contributed by atoms with Crippen molar-refractivity contribution in [2.24, 2.45) is 5.73 Å². The second kappa shape index (κ2) is 3.75. The van der Waals surface area contributed by atoms with E-state index in [4.69, 9.17) is 27.3 Å². The number of hydrogen-bond acceptors (Lipinski definition) is 4. The summed E-state index contributed by atoms with van der Waals surface area (Å²) in [7, 11) is 0. The van der Waals surface area contributed by atoms with E-state index in [0.717, 1.165) is 0 Å². The van der Waals surface area contributed by atoms with E-state index in [1.165, 1.54) is 0 Å². The maximum Gasteiger partial charge on any atom is 0.320 e. The standard InChI is InChI=1S/C6H9ClN2O3/c7-5-2-3(12-9-5)1-4(8)6(10)11/h2-4,9H,1,8H2,(H,10,11). The third-order valence-electron chi connectivity index (χ3n) is 1.44. The van der Waals surface area contributed by atoms with E-state index in [1.54, 1.807) is 6.08 Å². The highest BCUT2D eigenvalue weighted by Crippen LogP contribution is 2.13. The van der Waals surface area contributed by atoms with Gasteiger partial charge in [-0.2, -0.15) is 0 Å². The van der Waals surface area contributed by atoms with E-state index in [0.29, 0.717) is 5.16 Å². The van der Waals surface area contributed by atoms with Gasteiger partial charge in [0.25, 0.3) is 0 Å². The van der Waals surface area contributed by atoms with Crippen LogP contribution < -0.4 is 11.2 Å². The molecule has 68 valence electrons. The summed E-state index contributed by atoms with van der Waals surface area (Å²) in [4.78, 5) is 15.2. The van der Waals surface area contributed by atoms with Crippen LogP contribution in [0.1, 0.15) is 6.42 Å². The van der Waals surface area contributed by atoms with Crippen LogP contribution in [0.5, 0.6) is 0 Å². The summed E-state index contributed by atoms with van der Waals surface area (Å²) < 4.78 is 0. The molecule has 2 atom stereocenters. The molecule has 12 heavy (non-hydrogen) atoms. The Morgan fingerprint density at radius 3 is 3.08 bits per heavy atom. The largest absolute Gasteiger partial charge is 0.480 e. The first-order valence-corrected chi connectivity index (χ1v) is 3.75. The first-order valence-electron chi connectivity index (χ1n) is 3.37. The Morgan fingerprint density at radius 2 is 2.67 bits per heavy atom. The topological polar surface area (TPSA) is 84.6 Å². The van der Waals surface area contributed by atoms with Crippen LogP contribution >= 0.6 is 11.6 Å². The number of halogens is 1. The van der Waals surface area contributed by atoms with Gasteiger partial charge in [0.2, 0.25) is 0 Å². The van der Waals surface area contributed by atoms with Crippen molar-refractivity contribution in [1.29, 1.82) is 0 Å². The Bertz CT molecular complexity index is 219. The molecule has 0 bridgehead atoms. The molecule has 0 amide bonds. The molecule has 0 aromatic rings. The van der Waals surface area contributed by atoms with Crippen molar-refractivity contribution in [2.75, 3.05) is 0 Å². The summed E-state index contributed by atoms with van der Waals surface area (Å²) in [6, 6.07) is -0.921. The molecule has 0 saturated carbocycles. The summed E-state index contributed by atoms with van der Waals surface area (Å²) in [5.74, 6) is -1.05. The van der Waals surface area contributed by atoms with E-state index >= 15 is 0 Å². The zero-order valence-electron chi connectivity index (χ0n) is 6.16. The summed E-state index contributed by atoms with van der Waals surface area (Å²) in [6.45, 7) is 0. The fraction of sp³-hybridized carbons (Fsp3) is 0.500. The maximum absolute atomic E-state index is 10.3. The Labute approximate surface area is 74.1 Å². The third kappa shape index (κ3) is 2.37. The minimum absolute atomic E-state index is 0.207. The first-order chi connectivity index (χ1) is 5.59. The van der Waals surface area contributed by atoms with Crippen molar-refractivity contribution in [1.82, 2.24) is 5.48 Å². The van der Waals surface area contributed by atoms with Crippen LogP contribution in [-0.4, -0.2) is 23.2 Å². The lowest BCUT2D eigenvalue weighted by atomic mass is 10.1. The number of hydrogen-bond donors (Lipinski definition) is 3. The van der Waals surface area contributed by atoms with Crippen LogP contribution in [0.15, 0.2) is 11.2 Å². The van der Waals surface area contributed by atoms with Gasteiger partial charge in [0, 0.05) is 6.42 Å². The molecule has 0 aromatic carbocycles. The lowest BCUT2D eigenvalue weighted by Gasteiger charge is -2.09. The molecule has 5 nitrogen and oxygen atoms in total. The molecule has 0 spiro atoms. The highest BCUT2D eigenvalue weighted by atomic mass is 35.5. The number of nitrogens with two attached hydrogens (primary N) is 1. The Morgan fingerprint density at radius 1 is 2.00 bits per heavy atom. The predicted octanol–water partition coefficient (Wildman–Crippen LogP) is -0.228. The van der Waals surface area contributed by atoms with Gasteiger partial charge in [-0.3, -0.25) is 15.1 Å². The molecule has 4 N–H and O–H groups in total. The number of carboxylic acids is 1. The van der Waals surface area contributed by atoms with Gasteiger partial charge < -0.3 is 10.8 Å². The van der Waals surface area contributed by atoms with Gasteiger partial charge in [0.05, 0.1) is 0 Å². The van der Waals surface area contributed by atoms with Crippen LogP contribution in [-0.2, 0) is 9.63 Å². The molecule has 1 aliphatic heterocycles. The molecule has 0 radical (unpaired) electrons. The molecule has 2 unspecified atom stereocenters. The van der Waals surface area contributed by atoms with Gasteiger partial charge in [0.15, 0.2) is 0 Å². The monoisotopic (exact) mass is 192 g/mol. The zero-order chi connectivity index (χ0) is 9.14. The lowest BCUT2D eigenvalue weighted by molar-refractivity contribution is -0.139. The minimum atomic E-state index is -1.05. The van der Waals surface area contributed by atoms with Crippen LogP contribution in [0.25, 0.3) is 0 Å². The minimum Gasteiger partial charge on any atom is -0.480 e. The number of aliphatic carboxylic acids is 1. The fourth-order valence-corrected chi connectivity index (χ4v) is 1.02. The zero-order valence-corrected chi connectivity index (χ0v) is 6.91. The highest BCUT2D eigenvalue weighted by Gasteiger charge is 2.21. The number of hydroxylamine groups is 1. The van der Waals surface area contributed by atoms with Crippen molar-refractivity contribution < 1.29 is 14.7 Å². The lowest BCUT2D eigenvalue weighted by Crippen LogP contribution is -2.34. The molecule has 1 aliphatic rings. The average molecular weight is 193 g/mol. The predicted molar refractivity (Wildman–Crippen MR) is 42.2 cm³/mol. The number of carbonyl (C=O) groups is 1. The van der Waals surface area contributed by atoms with E-state index in [1.807, 2.05) is 0 Å². The van der Waals surface area contributed by atoms with Gasteiger partial charge >= 0.3 is 5.97 Å². The molecular weight excluding hydrogens is 184 g/mol.